The zero-order valence-corrected chi connectivity index (χ0v) is 29.1. The highest BCUT2D eigenvalue weighted by molar-refractivity contribution is 6.33. The van der Waals surface area contributed by atoms with Crippen LogP contribution in [-0.4, -0.2) is 4.57 Å². The third-order valence-electron chi connectivity index (χ3n) is 11.9. The molecule has 1 aromatic heterocycles. The van der Waals surface area contributed by atoms with Gasteiger partial charge in [0.1, 0.15) is 0 Å². The third kappa shape index (κ3) is 3.97. The second kappa shape index (κ2) is 10.9. The van der Waals surface area contributed by atoms with E-state index in [9.17, 15) is 0 Å². The molecule has 11 aromatic rings. The summed E-state index contributed by atoms with van der Waals surface area (Å²) in [5, 5.41) is 20.9. The van der Waals surface area contributed by atoms with Crippen LogP contribution in [0.25, 0.3) is 115 Å². The topological polar surface area (TPSA) is 4.93 Å². The van der Waals surface area contributed by atoms with Gasteiger partial charge in [0.05, 0.1) is 16.7 Å². The first-order chi connectivity index (χ1) is 26.3. The van der Waals surface area contributed by atoms with Gasteiger partial charge in [-0.15, -0.1) is 0 Å². The summed E-state index contributed by atoms with van der Waals surface area (Å²) < 4.78 is 2.57. The molecule has 0 bridgehead atoms. The number of hydrogen-bond acceptors (Lipinski definition) is 0. The highest BCUT2D eigenvalue weighted by Crippen LogP contribution is 2.44. The van der Waals surface area contributed by atoms with E-state index in [1.165, 1.54) is 114 Å². The lowest BCUT2D eigenvalue weighted by Gasteiger charge is -2.18. The Morgan fingerprint density at radius 3 is 1.57 bits per heavy atom. The first-order valence-electron chi connectivity index (χ1n) is 18.8. The van der Waals surface area contributed by atoms with Gasteiger partial charge in [-0.25, -0.2) is 0 Å². The molecule has 0 fully saturated rings. The molecule has 1 heteroatoms. The van der Waals surface area contributed by atoms with Crippen LogP contribution >= 0.6 is 0 Å². The van der Waals surface area contributed by atoms with Crippen molar-refractivity contribution in [1.82, 2.24) is 4.57 Å². The van der Waals surface area contributed by atoms with Crippen LogP contribution in [-0.2, 0) is 0 Å². The van der Waals surface area contributed by atoms with Crippen LogP contribution in [0.1, 0.15) is 12.8 Å². The van der Waals surface area contributed by atoms with Gasteiger partial charge in [0.25, 0.3) is 0 Å². The number of fused-ring (bicyclic) bond motifs is 16. The van der Waals surface area contributed by atoms with Crippen LogP contribution in [0.2, 0.25) is 0 Å². The predicted molar refractivity (Wildman–Crippen MR) is 229 cm³/mol. The van der Waals surface area contributed by atoms with Gasteiger partial charge >= 0.3 is 0 Å². The Labute approximate surface area is 305 Å². The Bertz CT molecular complexity index is 3510. The molecule has 12 rings (SSSR count). The Kier molecular flexibility index (Phi) is 5.95. The first kappa shape index (κ1) is 28.9. The van der Waals surface area contributed by atoms with Crippen LogP contribution in [0.15, 0.2) is 164 Å². The first-order valence-corrected chi connectivity index (χ1v) is 18.8. The maximum Gasteiger partial charge on any atom is 0.0626 e. The molecule has 0 unspecified atom stereocenters. The maximum absolute atomic E-state index is 2.57. The summed E-state index contributed by atoms with van der Waals surface area (Å²) in [6.45, 7) is 0. The third-order valence-corrected chi connectivity index (χ3v) is 11.9. The minimum Gasteiger partial charge on any atom is -0.308 e. The summed E-state index contributed by atoms with van der Waals surface area (Å²) in [6, 6.07) is 61.1. The van der Waals surface area contributed by atoms with E-state index in [1.807, 2.05) is 0 Å². The van der Waals surface area contributed by atoms with E-state index in [0.29, 0.717) is 0 Å². The monoisotopic (exact) mass is 671 g/mol. The molecule has 0 amide bonds. The summed E-state index contributed by atoms with van der Waals surface area (Å²) in [4.78, 5) is 0. The zero-order chi connectivity index (χ0) is 34.6. The van der Waals surface area contributed by atoms with Crippen molar-refractivity contribution in [2.24, 2.45) is 0 Å². The number of rotatable bonds is 2. The van der Waals surface area contributed by atoms with Crippen molar-refractivity contribution in [2.75, 3.05) is 0 Å². The van der Waals surface area contributed by atoms with E-state index in [1.54, 1.807) is 0 Å². The van der Waals surface area contributed by atoms with E-state index in [4.69, 9.17) is 0 Å². The summed E-state index contributed by atoms with van der Waals surface area (Å²) in [7, 11) is 0. The van der Waals surface area contributed by atoms with E-state index < -0.39 is 0 Å². The predicted octanol–water partition coefficient (Wildman–Crippen LogP) is 12.7. The molecule has 1 heterocycles. The number of benzene rings is 10. The van der Waals surface area contributed by atoms with Crippen molar-refractivity contribution in [1.29, 1.82) is 0 Å². The van der Waals surface area contributed by atoms with Gasteiger partial charge in [-0.3, -0.25) is 0 Å². The van der Waals surface area contributed by atoms with Crippen molar-refractivity contribution in [3.05, 3.63) is 174 Å². The molecule has 0 saturated carbocycles. The summed E-state index contributed by atoms with van der Waals surface area (Å²) >= 11 is 0. The largest absolute Gasteiger partial charge is 0.308 e. The van der Waals surface area contributed by atoms with Gasteiger partial charge in [-0.05, 0) is 113 Å². The lowest BCUT2D eigenvalue weighted by Crippen LogP contribution is -2.30. The van der Waals surface area contributed by atoms with Crippen molar-refractivity contribution < 1.29 is 0 Å². The second-order valence-electron chi connectivity index (χ2n) is 14.6. The lowest BCUT2D eigenvalue weighted by molar-refractivity contribution is 1.12. The Morgan fingerprint density at radius 2 is 0.849 bits per heavy atom. The second-order valence-corrected chi connectivity index (χ2v) is 14.6. The molecule has 1 nitrogen and oxygen atoms in total. The van der Waals surface area contributed by atoms with Crippen molar-refractivity contribution >= 4 is 98.6 Å². The van der Waals surface area contributed by atoms with Gasteiger partial charge in [-0.2, -0.15) is 0 Å². The van der Waals surface area contributed by atoms with Crippen LogP contribution < -0.4 is 10.4 Å². The molecule has 0 saturated heterocycles. The summed E-state index contributed by atoms with van der Waals surface area (Å²) in [5.41, 5.74) is 6.36. The van der Waals surface area contributed by atoms with Crippen LogP contribution in [0.3, 0.4) is 0 Å². The van der Waals surface area contributed by atoms with E-state index in [0.717, 1.165) is 12.8 Å². The average Bonchev–Trinajstić information content (AvgIpc) is 3.58. The van der Waals surface area contributed by atoms with Gasteiger partial charge in [0.15, 0.2) is 0 Å². The molecule has 10 aromatic carbocycles. The van der Waals surface area contributed by atoms with Gasteiger partial charge in [0.2, 0.25) is 0 Å². The van der Waals surface area contributed by atoms with Crippen LogP contribution in [0, 0.1) is 0 Å². The SMILES string of the molecule is C1=c2c(-c3cc4ccccc4c4ccccc34)cc3c4ccccc4c4c(c5ccccc5n4-c4cc5ccccc5c5ccccc45)c3c2=CCC1. The van der Waals surface area contributed by atoms with E-state index in [2.05, 4.69) is 181 Å². The fraction of sp³-hybridized carbons (Fsp3) is 0.0385. The number of nitrogens with zero attached hydrogens (tertiary/aromatic N) is 1. The Morgan fingerprint density at radius 1 is 0.340 bits per heavy atom. The fourth-order valence-corrected chi connectivity index (χ4v) is 9.73. The molecule has 0 spiro atoms. The van der Waals surface area contributed by atoms with Crippen LogP contribution in [0.5, 0.6) is 0 Å². The van der Waals surface area contributed by atoms with Crippen molar-refractivity contribution in [3.63, 3.8) is 0 Å². The van der Waals surface area contributed by atoms with Gasteiger partial charge in [-0.1, -0.05) is 152 Å². The highest BCUT2D eigenvalue weighted by atomic mass is 15.0. The molecule has 1 aliphatic carbocycles. The molecule has 0 aliphatic heterocycles. The number of aromatic nitrogens is 1. The molecular formula is C52H33N. The summed E-state index contributed by atoms with van der Waals surface area (Å²) in [5.74, 6) is 0. The summed E-state index contributed by atoms with van der Waals surface area (Å²) in [6.07, 6.45) is 7.10. The normalized spacial score (nSPS) is 13.1. The quantitative estimate of drug-likeness (QED) is 0.161. The fourth-order valence-electron chi connectivity index (χ4n) is 9.73. The number of hydrogen-bond donors (Lipinski definition) is 0. The minimum absolute atomic E-state index is 1.03. The zero-order valence-electron chi connectivity index (χ0n) is 29.1. The average molecular weight is 672 g/mol. The standard InChI is InChI=1S/C52H33N/c1-3-17-34-32(15-1)29-45(38-21-6-5-19-36(34)38)46-31-47-40-23-9-12-26-43(40)52-51(50(47)42-25-11-8-22-39(42)46)44-27-13-14-28-48(44)53(52)49-30-33-16-2-4-18-35(33)37-20-7-10-24-41(37)49/h1-7,9-10,12-31H,8,11H2. The molecular weight excluding hydrogens is 639 g/mol. The molecule has 53 heavy (non-hydrogen) atoms. The lowest BCUT2D eigenvalue weighted by atomic mass is 9.86. The van der Waals surface area contributed by atoms with Gasteiger partial charge < -0.3 is 4.57 Å². The smallest absolute Gasteiger partial charge is 0.0626 e. The number of para-hydroxylation sites is 1. The van der Waals surface area contributed by atoms with Crippen molar-refractivity contribution in [2.45, 2.75) is 12.8 Å². The molecule has 246 valence electrons. The molecule has 0 N–H and O–H groups in total. The minimum atomic E-state index is 1.03. The molecule has 0 atom stereocenters. The van der Waals surface area contributed by atoms with Crippen molar-refractivity contribution in [3.8, 4) is 16.8 Å². The van der Waals surface area contributed by atoms with Gasteiger partial charge in [0, 0.05) is 21.5 Å². The van der Waals surface area contributed by atoms with E-state index >= 15 is 0 Å². The Hall–Kier alpha value is -6.70. The Balaban J connectivity index is 1.31. The highest BCUT2D eigenvalue weighted by Gasteiger charge is 2.23. The van der Waals surface area contributed by atoms with Crippen LogP contribution in [0.4, 0.5) is 0 Å². The van der Waals surface area contributed by atoms with E-state index in [-0.39, 0.29) is 0 Å². The molecule has 1 aliphatic rings. The molecule has 0 radical (unpaired) electrons. The maximum atomic E-state index is 2.57.